The minimum absolute atomic E-state index is 0.0169. The summed E-state index contributed by atoms with van der Waals surface area (Å²) in [6.45, 7) is 6.09. The Morgan fingerprint density at radius 3 is 2.58 bits per heavy atom. The molecular formula is C20H27N5O. The third-order valence-corrected chi connectivity index (χ3v) is 4.63. The molecule has 1 aliphatic heterocycles. The van der Waals surface area contributed by atoms with Crippen molar-refractivity contribution in [1.29, 1.82) is 0 Å². The Morgan fingerprint density at radius 2 is 1.85 bits per heavy atom. The number of carbonyl (C=O) groups excluding carboxylic acids is 1. The molecule has 0 unspecified atom stereocenters. The third kappa shape index (κ3) is 4.71. The predicted octanol–water partition coefficient (Wildman–Crippen LogP) is 3.04. The zero-order chi connectivity index (χ0) is 18.2. The number of rotatable bonds is 7. The molecule has 0 spiro atoms. The molecule has 1 fully saturated rings. The van der Waals surface area contributed by atoms with Crippen molar-refractivity contribution >= 4 is 17.5 Å². The summed E-state index contributed by atoms with van der Waals surface area (Å²) in [6.07, 6.45) is 5.09. The fourth-order valence-electron chi connectivity index (χ4n) is 3.11. The summed E-state index contributed by atoms with van der Waals surface area (Å²) in [4.78, 5) is 25.6. The van der Waals surface area contributed by atoms with Crippen LogP contribution in [0.15, 0.2) is 42.6 Å². The Bertz CT molecular complexity index is 698. The Kier molecular flexibility index (Phi) is 6.41. The van der Waals surface area contributed by atoms with Crippen LogP contribution in [0.1, 0.15) is 36.7 Å². The van der Waals surface area contributed by atoms with Gasteiger partial charge in [-0.15, -0.1) is 0 Å². The lowest BCUT2D eigenvalue weighted by molar-refractivity contribution is 0.0741. The number of para-hydroxylation sites is 1. The van der Waals surface area contributed by atoms with Crippen molar-refractivity contribution in [2.75, 3.05) is 42.9 Å². The van der Waals surface area contributed by atoms with E-state index in [9.17, 15) is 4.79 Å². The largest absolute Gasteiger partial charge is 0.368 e. The molecule has 0 bridgehead atoms. The van der Waals surface area contributed by atoms with E-state index in [4.69, 9.17) is 0 Å². The first-order valence-corrected chi connectivity index (χ1v) is 9.44. The minimum Gasteiger partial charge on any atom is -0.368 e. The average Bonchev–Trinajstić information content (AvgIpc) is 2.72. The molecule has 6 heteroatoms. The number of aromatic nitrogens is 2. The number of anilines is 2. The molecule has 2 aromatic rings. The minimum atomic E-state index is -0.0169. The van der Waals surface area contributed by atoms with E-state index in [1.165, 1.54) is 18.5 Å². The predicted molar refractivity (Wildman–Crippen MR) is 105 cm³/mol. The Labute approximate surface area is 155 Å². The quantitative estimate of drug-likeness (QED) is 0.775. The first kappa shape index (κ1) is 18.2. The molecule has 1 aromatic carbocycles. The monoisotopic (exact) mass is 353 g/mol. The fourth-order valence-corrected chi connectivity index (χ4v) is 3.11. The van der Waals surface area contributed by atoms with Crippen molar-refractivity contribution in [2.24, 2.45) is 0 Å². The van der Waals surface area contributed by atoms with Crippen LogP contribution in [0, 0.1) is 0 Å². The van der Waals surface area contributed by atoms with Gasteiger partial charge in [0, 0.05) is 44.6 Å². The lowest BCUT2D eigenvalue weighted by atomic mass is 10.2. The molecule has 2 heterocycles. The molecule has 1 aromatic heterocycles. The maximum absolute atomic E-state index is 12.8. The average molecular weight is 353 g/mol. The van der Waals surface area contributed by atoms with Gasteiger partial charge >= 0.3 is 0 Å². The van der Waals surface area contributed by atoms with Crippen LogP contribution in [0.5, 0.6) is 0 Å². The molecule has 0 saturated carbocycles. The maximum Gasteiger partial charge on any atom is 0.272 e. The summed E-state index contributed by atoms with van der Waals surface area (Å²) in [6, 6.07) is 12.0. The van der Waals surface area contributed by atoms with E-state index in [2.05, 4.69) is 39.2 Å². The summed E-state index contributed by atoms with van der Waals surface area (Å²) in [7, 11) is 0. The first-order valence-electron chi connectivity index (χ1n) is 9.44. The lowest BCUT2D eigenvalue weighted by Gasteiger charge is -2.36. The van der Waals surface area contributed by atoms with Gasteiger partial charge in [-0.2, -0.15) is 0 Å². The van der Waals surface area contributed by atoms with Crippen LogP contribution >= 0.6 is 0 Å². The second-order valence-corrected chi connectivity index (χ2v) is 6.51. The van der Waals surface area contributed by atoms with Crippen LogP contribution in [0.3, 0.4) is 0 Å². The fraction of sp³-hybridized carbons (Fsp3) is 0.450. The number of hydrogen-bond donors (Lipinski definition) is 1. The van der Waals surface area contributed by atoms with E-state index in [1.54, 1.807) is 12.3 Å². The van der Waals surface area contributed by atoms with Gasteiger partial charge in [-0.3, -0.25) is 4.79 Å². The van der Waals surface area contributed by atoms with Gasteiger partial charge in [0.1, 0.15) is 5.69 Å². The van der Waals surface area contributed by atoms with Crippen LogP contribution in [0.2, 0.25) is 0 Å². The van der Waals surface area contributed by atoms with Crippen molar-refractivity contribution in [3.63, 3.8) is 0 Å². The van der Waals surface area contributed by atoms with Gasteiger partial charge in [-0.25, -0.2) is 9.97 Å². The zero-order valence-electron chi connectivity index (χ0n) is 15.4. The van der Waals surface area contributed by atoms with Gasteiger partial charge in [0.05, 0.1) is 0 Å². The van der Waals surface area contributed by atoms with E-state index < -0.39 is 0 Å². The standard InChI is InChI=1S/C20H27N5O/c1-2-3-7-11-21-20-22-12-10-18(23-20)19(26)25-15-13-24(14-16-25)17-8-5-4-6-9-17/h4-6,8-10,12H,2-3,7,11,13-16H2,1H3,(H,21,22,23). The number of amides is 1. The number of nitrogens with zero attached hydrogens (tertiary/aromatic N) is 4. The number of hydrogen-bond acceptors (Lipinski definition) is 5. The Balaban J connectivity index is 1.55. The zero-order valence-corrected chi connectivity index (χ0v) is 15.4. The molecule has 0 radical (unpaired) electrons. The Hall–Kier alpha value is -2.63. The van der Waals surface area contributed by atoms with Crippen LogP contribution in [-0.2, 0) is 0 Å². The molecule has 0 atom stereocenters. The highest BCUT2D eigenvalue weighted by Crippen LogP contribution is 2.16. The number of carbonyl (C=O) groups is 1. The second-order valence-electron chi connectivity index (χ2n) is 6.51. The molecule has 3 rings (SSSR count). The SMILES string of the molecule is CCCCCNc1nccc(C(=O)N2CCN(c3ccccc3)CC2)n1. The Morgan fingerprint density at radius 1 is 1.08 bits per heavy atom. The highest BCUT2D eigenvalue weighted by atomic mass is 16.2. The topological polar surface area (TPSA) is 61.4 Å². The second kappa shape index (κ2) is 9.17. The summed E-state index contributed by atoms with van der Waals surface area (Å²) >= 11 is 0. The van der Waals surface area contributed by atoms with Crippen molar-refractivity contribution in [2.45, 2.75) is 26.2 Å². The van der Waals surface area contributed by atoms with Crippen molar-refractivity contribution in [1.82, 2.24) is 14.9 Å². The molecule has 6 nitrogen and oxygen atoms in total. The number of unbranched alkanes of at least 4 members (excludes halogenated alkanes) is 2. The molecule has 1 N–H and O–H groups in total. The molecular weight excluding hydrogens is 326 g/mol. The van der Waals surface area contributed by atoms with E-state index in [0.29, 0.717) is 24.7 Å². The number of piperazine rings is 1. The number of benzene rings is 1. The van der Waals surface area contributed by atoms with Crippen LogP contribution in [0.4, 0.5) is 11.6 Å². The molecule has 1 aliphatic rings. The van der Waals surface area contributed by atoms with Crippen LogP contribution in [0.25, 0.3) is 0 Å². The summed E-state index contributed by atoms with van der Waals surface area (Å²) in [5, 5.41) is 3.21. The summed E-state index contributed by atoms with van der Waals surface area (Å²) in [5.41, 5.74) is 1.67. The smallest absolute Gasteiger partial charge is 0.272 e. The van der Waals surface area contributed by atoms with Crippen molar-refractivity contribution < 1.29 is 4.79 Å². The summed E-state index contributed by atoms with van der Waals surface area (Å²) in [5.74, 6) is 0.520. The van der Waals surface area contributed by atoms with Gasteiger partial charge in [0.2, 0.25) is 5.95 Å². The van der Waals surface area contributed by atoms with Crippen LogP contribution < -0.4 is 10.2 Å². The normalized spacial score (nSPS) is 14.3. The molecule has 0 aliphatic carbocycles. The first-order chi connectivity index (χ1) is 12.8. The van der Waals surface area contributed by atoms with Gasteiger partial charge in [-0.05, 0) is 24.6 Å². The number of nitrogens with one attached hydrogen (secondary N) is 1. The third-order valence-electron chi connectivity index (χ3n) is 4.63. The highest BCUT2D eigenvalue weighted by Gasteiger charge is 2.23. The van der Waals surface area contributed by atoms with Gasteiger partial charge < -0.3 is 15.1 Å². The van der Waals surface area contributed by atoms with E-state index in [1.807, 2.05) is 23.1 Å². The van der Waals surface area contributed by atoms with E-state index in [-0.39, 0.29) is 5.91 Å². The van der Waals surface area contributed by atoms with Gasteiger partial charge in [-0.1, -0.05) is 38.0 Å². The molecule has 1 amide bonds. The lowest BCUT2D eigenvalue weighted by Crippen LogP contribution is -2.49. The molecule has 138 valence electrons. The molecule has 1 saturated heterocycles. The van der Waals surface area contributed by atoms with Crippen molar-refractivity contribution in [3.8, 4) is 0 Å². The maximum atomic E-state index is 12.8. The van der Waals surface area contributed by atoms with Crippen molar-refractivity contribution in [3.05, 3.63) is 48.3 Å². The molecule has 26 heavy (non-hydrogen) atoms. The van der Waals surface area contributed by atoms with Gasteiger partial charge in [0.15, 0.2) is 0 Å². The van der Waals surface area contributed by atoms with E-state index >= 15 is 0 Å². The van der Waals surface area contributed by atoms with E-state index in [0.717, 1.165) is 26.1 Å². The summed E-state index contributed by atoms with van der Waals surface area (Å²) < 4.78 is 0. The van der Waals surface area contributed by atoms with Crippen LogP contribution in [-0.4, -0.2) is 53.5 Å². The highest BCUT2D eigenvalue weighted by molar-refractivity contribution is 5.92. The van der Waals surface area contributed by atoms with Gasteiger partial charge in [0.25, 0.3) is 5.91 Å².